The first-order valence-electron chi connectivity index (χ1n) is 6.67. The smallest absolute Gasteiger partial charge is 0.330 e. The van der Waals surface area contributed by atoms with Gasteiger partial charge in [0.2, 0.25) is 0 Å². The molecule has 1 aliphatic rings. The quantitative estimate of drug-likeness (QED) is 0.607. The van der Waals surface area contributed by atoms with E-state index in [0.717, 1.165) is 25.7 Å². The molecule has 1 rings (SSSR count). The molecule has 0 bridgehead atoms. The lowest BCUT2D eigenvalue weighted by Gasteiger charge is -2.31. The predicted molar refractivity (Wildman–Crippen MR) is 70.0 cm³/mol. The second kappa shape index (κ2) is 7.57. The van der Waals surface area contributed by atoms with Gasteiger partial charge in [-0.1, -0.05) is 32.3 Å². The number of hydrogen-bond acceptors (Lipinski definition) is 4. The molecule has 0 aliphatic heterocycles. The topological polar surface area (TPSA) is 79.2 Å². The zero-order valence-electron chi connectivity index (χ0n) is 11.3. The molecule has 1 saturated carbocycles. The Balaban J connectivity index is 2.40. The molecule has 5 heteroatoms. The maximum atomic E-state index is 11.7. The molecule has 0 unspecified atom stereocenters. The van der Waals surface area contributed by atoms with Crippen molar-refractivity contribution in [2.45, 2.75) is 51.0 Å². The average Bonchev–Trinajstić information content (AvgIpc) is 2.44. The summed E-state index contributed by atoms with van der Waals surface area (Å²) in [6.07, 6.45) is 8.00. The van der Waals surface area contributed by atoms with Gasteiger partial charge in [-0.05, 0) is 19.3 Å². The van der Waals surface area contributed by atoms with Crippen LogP contribution in [0.3, 0.4) is 0 Å². The molecule has 5 nitrogen and oxygen atoms in total. The van der Waals surface area contributed by atoms with Crippen molar-refractivity contribution < 1.29 is 14.3 Å². The molecular formula is C14H20N2O3. The third-order valence-electron chi connectivity index (χ3n) is 3.13. The number of nitriles is 1. The van der Waals surface area contributed by atoms with E-state index in [1.165, 1.54) is 6.08 Å². The zero-order chi connectivity index (χ0) is 14.1. The van der Waals surface area contributed by atoms with Crippen molar-refractivity contribution in [3.05, 3.63) is 12.2 Å². The minimum absolute atomic E-state index is 0.337. The Morgan fingerprint density at radius 1 is 1.37 bits per heavy atom. The lowest BCUT2D eigenvalue weighted by atomic mass is 9.83. The fourth-order valence-electron chi connectivity index (χ4n) is 2.12. The first kappa shape index (κ1) is 15.2. The number of esters is 1. The number of allylic oxidation sites excluding steroid dienone is 1. The summed E-state index contributed by atoms with van der Waals surface area (Å²) in [5, 5.41) is 11.9. The van der Waals surface area contributed by atoms with Crippen molar-refractivity contribution in [2.24, 2.45) is 0 Å². The minimum Gasteiger partial charge on any atom is -0.452 e. The summed E-state index contributed by atoms with van der Waals surface area (Å²) >= 11 is 0. The van der Waals surface area contributed by atoms with Crippen molar-refractivity contribution in [3.63, 3.8) is 0 Å². The van der Waals surface area contributed by atoms with Gasteiger partial charge in [-0.2, -0.15) is 5.26 Å². The van der Waals surface area contributed by atoms with E-state index in [1.807, 2.05) is 6.92 Å². The molecule has 0 heterocycles. The van der Waals surface area contributed by atoms with Gasteiger partial charge in [0.25, 0.3) is 5.91 Å². The second-order valence-corrected chi connectivity index (χ2v) is 4.72. The Kier molecular flexibility index (Phi) is 6.07. The number of nitrogens with one attached hydrogen (secondary N) is 1. The van der Waals surface area contributed by atoms with E-state index in [1.54, 1.807) is 6.08 Å². The van der Waals surface area contributed by atoms with E-state index >= 15 is 0 Å². The molecule has 0 atom stereocenters. The summed E-state index contributed by atoms with van der Waals surface area (Å²) in [4.78, 5) is 22.9. The SMILES string of the molecule is CC/C=C/C(=O)OCC(=O)NC1(C#N)CCCCC1. The third kappa shape index (κ3) is 5.12. The highest BCUT2D eigenvalue weighted by Crippen LogP contribution is 2.27. The van der Waals surface area contributed by atoms with Crippen LogP contribution in [0.2, 0.25) is 0 Å². The highest BCUT2D eigenvalue weighted by molar-refractivity contribution is 5.86. The molecule has 0 aromatic rings. The minimum atomic E-state index is -0.777. The van der Waals surface area contributed by atoms with Gasteiger partial charge in [-0.3, -0.25) is 4.79 Å². The van der Waals surface area contributed by atoms with E-state index in [9.17, 15) is 14.9 Å². The van der Waals surface area contributed by atoms with E-state index < -0.39 is 17.4 Å². The zero-order valence-corrected chi connectivity index (χ0v) is 11.3. The fraction of sp³-hybridized carbons (Fsp3) is 0.643. The monoisotopic (exact) mass is 264 g/mol. The summed E-state index contributed by atoms with van der Waals surface area (Å²) in [5.41, 5.74) is -0.777. The number of hydrogen-bond donors (Lipinski definition) is 1. The molecule has 1 amide bonds. The van der Waals surface area contributed by atoms with Gasteiger partial charge in [-0.25, -0.2) is 4.79 Å². The van der Waals surface area contributed by atoms with Crippen LogP contribution in [-0.2, 0) is 14.3 Å². The highest BCUT2D eigenvalue weighted by atomic mass is 16.5. The number of ether oxygens (including phenoxy) is 1. The largest absolute Gasteiger partial charge is 0.452 e. The predicted octanol–water partition coefficient (Wildman–Crippen LogP) is 1.84. The number of nitrogens with zero attached hydrogens (tertiary/aromatic N) is 1. The van der Waals surface area contributed by atoms with Crippen LogP contribution < -0.4 is 5.32 Å². The van der Waals surface area contributed by atoms with Crippen molar-refractivity contribution in [3.8, 4) is 6.07 Å². The normalized spacial score (nSPS) is 17.7. The summed E-state index contributed by atoms with van der Waals surface area (Å²) in [7, 11) is 0. The molecule has 19 heavy (non-hydrogen) atoms. The Labute approximate surface area is 113 Å². The van der Waals surface area contributed by atoms with E-state index in [-0.39, 0.29) is 6.61 Å². The summed E-state index contributed by atoms with van der Waals surface area (Å²) in [6, 6.07) is 2.18. The van der Waals surface area contributed by atoms with E-state index in [0.29, 0.717) is 12.8 Å². The summed E-state index contributed by atoms with van der Waals surface area (Å²) in [5.74, 6) is -0.951. The van der Waals surface area contributed by atoms with Crippen LogP contribution >= 0.6 is 0 Å². The molecular weight excluding hydrogens is 244 g/mol. The fourth-order valence-corrected chi connectivity index (χ4v) is 2.12. The van der Waals surface area contributed by atoms with Gasteiger partial charge in [0.05, 0.1) is 6.07 Å². The number of amides is 1. The van der Waals surface area contributed by atoms with Crippen LogP contribution in [0.25, 0.3) is 0 Å². The van der Waals surface area contributed by atoms with Crippen LogP contribution in [0.15, 0.2) is 12.2 Å². The molecule has 1 fully saturated rings. The van der Waals surface area contributed by atoms with E-state index in [4.69, 9.17) is 4.74 Å². The van der Waals surface area contributed by atoms with Crippen LogP contribution in [-0.4, -0.2) is 24.0 Å². The number of carbonyl (C=O) groups excluding carboxylic acids is 2. The van der Waals surface area contributed by atoms with Gasteiger partial charge >= 0.3 is 5.97 Å². The lowest BCUT2D eigenvalue weighted by molar-refractivity contribution is -0.144. The Morgan fingerprint density at radius 2 is 2.05 bits per heavy atom. The Morgan fingerprint density at radius 3 is 2.63 bits per heavy atom. The van der Waals surface area contributed by atoms with E-state index in [2.05, 4.69) is 11.4 Å². The summed E-state index contributed by atoms with van der Waals surface area (Å²) in [6.45, 7) is 1.56. The molecule has 1 N–H and O–H groups in total. The molecule has 0 aromatic heterocycles. The van der Waals surface area contributed by atoms with Crippen LogP contribution in [0.5, 0.6) is 0 Å². The summed E-state index contributed by atoms with van der Waals surface area (Å²) < 4.78 is 4.79. The molecule has 1 aliphatic carbocycles. The number of rotatable bonds is 5. The molecule has 0 saturated heterocycles. The van der Waals surface area contributed by atoms with Crippen LogP contribution in [0.1, 0.15) is 45.4 Å². The average molecular weight is 264 g/mol. The standard InChI is InChI=1S/C14H20N2O3/c1-2-3-7-13(18)19-10-12(17)16-14(11-15)8-5-4-6-9-14/h3,7H,2,4-6,8-10H2,1H3,(H,16,17)/b7-3+. The van der Waals surface area contributed by atoms with Gasteiger partial charge < -0.3 is 10.1 Å². The molecule has 104 valence electrons. The lowest BCUT2D eigenvalue weighted by Crippen LogP contribution is -2.49. The van der Waals surface area contributed by atoms with Crippen molar-refractivity contribution >= 4 is 11.9 Å². The highest BCUT2D eigenvalue weighted by Gasteiger charge is 2.33. The van der Waals surface area contributed by atoms with Gasteiger partial charge in [0.1, 0.15) is 5.54 Å². The van der Waals surface area contributed by atoms with Gasteiger partial charge in [0, 0.05) is 6.08 Å². The first-order valence-corrected chi connectivity index (χ1v) is 6.67. The van der Waals surface area contributed by atoms with Crippen molar-refractivity contribution in [1.29, 1.82) is 5.26 Å². The molecule has 0 spiro atoms. The van der Waals surface area contributed by atoms with Crippen LogP contribution in [0, 0.1) is 11.3 Å². The maximum Gasteiger partial charge on any atom is 0.330 e. The third-order valence-corrected chi connectivity index (χ3v) is 3.13. The maximum absolute atomic E-state index is 11.7. The van der Waals surface area contributed by atoms with Crippen LogP contribution in [0.4, 0.5) is 0 Å². The first-order chi connectivity index (χ1) is 9.12. The second-order valence-electron chi connectivity index (χ2n) is 4.72. The van der Waals surface area contributed by atoms with Crippen molar-refractivity contribution in [1.82, 2.24) is 5.32 Å². The van der Waals surface area contributed by atoms with Gasteiger partial charge in [-0.15, -0.1) is 0 Å². The Hall–Kier alpha value is -1.83. The van der Waals surface area contributed by atoms with Crippen molar-refractivity contribution in [2.75, 3.05) is 6.61 Å². The van der Waals surface area contributed by atoms with Gasteiger partial charge in [0.15, 0.2) is 6.61 Å². The number of carbonyl (C=O) groups is 2. The molecule has 0 aromatic carbocycles. The Bertz CT molecular complexity index is 390. The molecule has 0 radical (unpaired) electrons.